The molecule has 210 valence electrons. The Bertz CT molecular complexity index is 943. The molecule has 4 aliphatic rings. The molecular weight excluding hydrogens is 476 g/mol. The largest absolute Gasteiger partial charge is 0.431 e. The van der Waals surface area contributed by atoms with E-state index in [0.29, 0.717) is 30.6 Å². The van der Waals surface area contributed by atoms with Crippen molar-refractivity contribution in [3.8, 4) is 0 Å². The van der Waals surface area contributed by atoms with Gasteiger partial charge < -0.3 is 9.16 Å². The van der Waals surface area contributed by atoms with E-state index in [1.54, 1.807) is 0 Å². The van der Waals surface area contributed by atoms with Crippen molar-refractivity contribution < 1.29 is 18.8 Å². The summed E-state index contributed by atoms with van der Waals surface area (Å²) in [6, 6.07) is 0. The second-order valence-electron chi connectivity index (χ2n) is 15.5. The van der Waals surface area contributed by atoms with Gasteiger partial charge in [-0.25, -0.2) is 0 Å². The van der Waals surface area contributed by atoms with Crippen LogP contribution in [-0.4, -0.2) is 26.2 Å². The van der Waals surface area contributed by atoms with Gasteiger partial charge in [-0.1, -0.05) is 74.7 Å². The van der Waals surface area contributed by atoms with Gasteiger partial charge in [-0.2, -0.15) is 0 Å². The first-order valence-corrected chi connectivity index (χ1v) is 18.1. The van der Waals surface area contributed by atoms with E-state index in [4.69, 9.17) is 9.16 Å². The number of Topliss-reactive ketones (excluding diaryl/α,β-unsaturated/α-hetero) is 1. The Hall–Kier alpha value is -0.943. The summed E-state index contributed by atoms with van der Waals surface area (Å²) in [4.78, 5) is 27.1. The van der Waals surface area contributed by atoms with Gasteiger partial charge in [0.15, 0.2) is 14.1 Å². The third-order valence-electron chi connectivity index (χ3n) is 11.6. The molecule has 37 heavy (non-hydrogen) atoms. The first-order chi connectivity index (χ1) is 17.0. The molecule has 0 aromatic carbocycles. The van der Waals surface area contributed by atoms with Crippen molar-refractivity contribution in [3.63, 3.8) is 0 Å². The van der Waals surface area contributed by atoms with Gasteiger partial charge in [0, 0.05) is 17.8 Å². The second kappa shape index (κ2) is 9.91. The van der Waals surface area contributed by atoms with E-state index in [1.807, 2.05) is 0 Å². The van der Waals surface area contributed by atoms with Crippen LogP contribution in [0.15, 0.2) is 11.3 Å². The number of fused-ring (bicyclic) bond motifs is 4. The third kappa shape index (κ3) is 5.05. The van der Waals surface area contributed by atoms with E-state index in [-0.39, 0.29) is 28.1 Å². The molecule has 0 amide bonds. The predicted molar refractivity (Wildman–Crippen MR) is 152 cm³/mol. The fourth-order valence-electron chi connectivity index (χ4n) is 8.17. The van der Waals surface area contributed by atoms with E-state index < -0.39 is 19.8 Å². The predicted octanol–water partition coefficient (Wildman–Crippen LogP) is 8.46. The van der Waals surface area contributed by atoms with Gasteiger partial charge in [0.2, 0.25) is 0 Å². The number of esters is 1. The first kappa shape index (κ1) is 29.0. The highest BCUT2D eigenvalue weighted by Crippen LogP contribution is 2.65. The van der Waals surface area contributed by atoms with Crippen LogP contribution in [0.4, 0.5) is 0 Å². The molecule has 0 aromatic heterocycles. The maximum Gasteiger partial charge on any atom is 0.315 e. The number of carbonyl (C=O) groups is 2. The zero-order chi connectivity index (χ0) is 27.6. The van der Waals surface area contributed by atoms with Crippen LogP contribution in [0.3, 0.4) is 0 Å². The molecule has 2 fully saturated rings. The van der Waals surface area contributed by atoms with Gasteiger partial charge in [-0.3, -0.25) is 9.59 Å². The number of ether oxygens (including phenoxy) is 1. The Morgan fingerprint density at radius 3 is 2.35 bits per heavy atom. The summed E-state index contributed by atoms with van der Waals surface area (Å²) < 4.78 is 12.9. The molecule has 2 unspecified atom stereocenters. The highest BCUT2D eigenvalue weighted by Gasteiger charge is 2.61. The molecule has 1 aliphatic heterocycles. The third-order valence-corrected chi connectivity index (χ3v) is 16.1. The van der Waals surface area contributed by atoms with E-state index in [0.717, 1.165) is 30.9 Å². The molecule has 2 saturated carbocycles. The normalized spacial score (nSPS) is 37.3. The molecule has 0 N–H and O–H groups in total. The van der Waals surface area contributed by atoms with Crippen molar-refractivity contribution in [3.05, 3.63) is 11.3 Å². The van der Waals surface area contributed by atoms with Crippen LogP contribution in [-0.2, 0) is 18.8 Å². The van der Waals surface area contributed by atoms with Crippen LogP contribution in [0.25, 0.3) is 0 Å². The minimum atomic E-state index is -2.12. The fourth-order valence-corrected chi connectivity index (χ4v) is 9.46. The van der Waals surface area contributed by atoms with Gasteiger partial charge in [-0.05, 0) is 79.0 Å². The zero-order valence-corrected chi connectivity index (χ0v) is 26.5. The molecule has 0 bridgehead atoms. The van der Waals surface area contributed by atoms with Gasteiger partial charge in [-0.15, -0.1) is 0 Å². The van der Waals surface area contributed by atoms with E-state index in [9.17, 15) is 9.59 Å². The molecule has 0 spiro atoms. The first-order valence-electron chi connectivity index (χ1n) is 15.2. The number of ketones is 1. The molecular formula is C32H54O4Si. The van der Waals surface area contributed by atoms with Gasteiger partial charge in [0.1, 0.15) is 11.9 Å². The summed E-state index contributed by atoms with van der Waals surface area (Å²) in [7, 11) is -2.12. The molecule has 7 atom stereocenters. The Balaban J connectivity index is 1.56. The Labute approximate surface area is 227 Å². The van der Waals surface area contributed by atoms with Crippen LogP contribution in [0.1, 0.15) is 113 Å². The lowest BCUT2D eigenvalue weighted by Gasteiger charge is -2.53. The standard InChI is InChI=1S/C32H54O4Si/c1-20(2)12-11-13-21(3)22-14-15-23-28-24(16-17-31(22,23)7)32(8)19-26(33)27(18-25(32)29(34)35-28)36-37(9,10)30(4,5)6/h20-23,25,27H,11-19H2,1-10H3/t21-,22-,23+,25?,27?,31-,32-/m1/s1. The topological polar surface area (TPSA) is 52.6 Å². The fraction of sp³-hybridized carbons (Fsp3) is 0.875. The quantitative estimate of drug-likeness (QED) is 0.245. The van der Waals surface area contributed by atoms with Gasteiger partial charge in [0.05, 0.1) is 5.92 Å². The molecule has 4 rings (SSSR count). The maximum absolute atomic E-state index is 13.6. The number of carbonyl (C=O) groups excluding carboxylic acids is 2. The lowest BCUT2D eigenvalue weighted by atomic mass is 9.54. The van der Waals surface area contributed by atoms with Crippen LogP contribution in [0, 0.1) is 40.4 Å². The Morgan fingerprint density at radius 1 is 1.05 bits per heavy atom. The van der Waals surface area contributed by atoms with Crippen molar-refractivity contribution in [2.45, 2.75) is 137 Å². The van der Waals surface area contributed by atoms with Crippen LogP contribution < -0.4 is 0 Å². The van der Waals surface area contributed by atoms with E-state index in [1.165, 1.54) is 31.3 Å². The smallest absolute Gasteiger partial charge is 0.315 e. The summed E-state index contributed by atoms with van der Waals surface area (Å²) in [5, 5.41) is 0.0234. The van der Waals surface area contributed by atoms with Crippen molar-refractivity contribution >= 4 is 20.1 Å². The van der Waals surface area contributed by atoms with Crippen LogP contribution in [0.5, 0.6) is 0 Å². The molecule has 4 nitrogen and oxygen atoms in total. The molecule has 0 radical (unpaired) electrons. The number of allylic oxidation sites excluding steroid dienone is 2. The number of hydrogen-bond acceptors (Lipinski definition) is 4. The highest BCUT2D eigenvalue weighted by atomic mass is 28.4. The van der Waals surface area contributed by atoms with Crippen molar-refractivity contribution in [2.75, 3.05) is 0 Å². The second-order valence-corrected chi connectivity index (χ2v) is 20.3. The summed E-state index contributed by atoms with van der Waals surface area (Å²) in [5.74, 6) is 3.20. The minimum Gasteiger partial charge on any atom is -0.431 e. The zero-order valence-electron chi connectivity index (χ0n) is 25.5. The SMILES string of the molecule is CC(C)CCC[C@@H](C)[C@H]1CC[C@H]2C3=C(CC[C@]12C)[C@@]1(C)CC(=O)C(O[Si](C)(C)C(C)(C)C)CC1C(=O)O3. The van der Waals surface area contributed by atoms with Crippen molar-refractivity contribution in [1.82, 2.24) is 0 Å². The summed E-state index contributed by atoms with van der Waals surface area (Å²) >= 11 is 0. The maximum atomic E-state index is 13.6. The molecule has 1 heterocycles. The van der Waals surface area contributed by atoms with Crippen molar-refractivity contribution in [1.29, 1.82) is 0 Å². The Kier molecular flexibility index (Phi) is 7.78. The average molecular weight is 531 g/mol. The van der Waals surface area contributed by atoms with E-state index >= 15 is 0 Å². The molecule has 0 saturated heterocycles. The van der Waals surface area contributed by atoms with Crippen LogP contribution in [0.2, 0.25) is 18.1 Å². The number of hydrogen-bond donors (Lipinski definition) is 0. The molecule has 0 aromatic rings. The van der Waals surface area contributed by atoms with E-state index in [2.05, 4.69) is 68.5 Å². The summed E-state index contributed by atoms with van der Waals surface area (Å²) in [5.41, 5.74) is 1.05. The Morgan fingerprint density at radius 2 is 1.73 bits per heavy atom. The average Bonchev–Trinajstić information content (AvgIpc) is 3.11. The molecule has 3 aliphatic carbocycles. The highest BCUT2D eigenvalue weighted by molar-refractivity contribution is 6.74. The van der Waals surface area contributed by atoms with Gasteiger partial charge in [0.25, 0.3) is 0 Å². The van der Waals surface area contributed by atoms with Crippen molar-refractivity contribution in [2.24, 2.45) is 40.4 Å². The van der Waals surface area contributed by atoms with Gasteiger partial charge >= 0.3 is 5.97 Å². The summed E-state index contributed by atoms with van der Waals surface area (Å²) in [6.07, 6.45) is 8.72. The lowest BCUT2D eigenvalue weighted by Crippen LogP contribution is -2.55. The number of rotatable bonds is 7. The lowest BCUT2D eigenvalue weighted by molar-refractivity contribution is -0.161. The summed E-state index contributed by atoms with van der Waals surface area (Å²) in [6.45, 7) is 22.7. The minimum absolute atomic E-state index is 0.0234. The van der Waals surface area contributed by atoms with Crippen LogP contribution >= 0.6 is 0 Å². The monoisotopic (exact) mass is 530 g/mol. The molecule has 5 heteroatoms.